The van der Waals surface area contributed by atoms with E-state index in [2.05, 4.69) is 25.6 Å². The summed E-state index contributed by atoms with van der Waals surface area (Å²) in [5.41, 5.74) is 5.60. The molecule has 0 spiro atoms. The molecule has 1 aliphatic carbocycles. The van der Waals surface area contributed by atoms with Crippen molar-refractivity contribution in [3.8, 4) is 0 Å². The molecule has 2 rings (SSSR count). The Morgan fingerprint density at radius 3 is 2.44 bits per heavy atom. The van der Waals surface area contributed by atoms with Gasteiger partial charge >= 0.3 is 0 Å². The lowest BCUT2D eigenvalue weighted by Gasteiger charge is -2.22. The molecule has 1 saturated carbocycles. The summed E-state index contributed by atoms with van der Waals surface area (Å²) in [4.78, 5) is 12.3. The Morgan fingerprint density at radius 2 is 1.75 bits per heavy atom. The molecule has 4 N–H and O–H groups in total. The number of hydrogen-bond donors (Lipinski definition) is 3. The zero-order valence-electron chi connectivity index (χ0n) is 9.53. The molecule has 1 fully saturated rings. The molecule has 0 aromatic carbocycles. The molecule has 16 heavy (non-hydrogen) atoms. The van der Waals surface area contributed by atoms with Crippen LogP contribution in [0.2, 0.25) is 0 Å². The zero-order chi connectivity index (χ0) is 11.4. The van der Waals surface area contributed by atoms with E-state index in [4.69, 9.17) is 5.73 Å². The molecule has 1 heterocycles. The van der Waals surface area contributed by atoms with Gasteiger partial charge < -0.3 is 16.4 Å². The molecule has 0 aliphatic heterocycles. The van der Waals surface area contributed by atoms with Gasteiger partial charge in [0.25, 0.3) is 0 Å². The van der Waals surface area contributed by atoms with Gasteiger partial charge in [-0.1, -0.05) is 19.3 Å². The molecule has 0 atom stereocenters. The van der Waals surface area contributed by atoms with Gasteiger partial charge in [0.15, 0.2) is 0 Å². The minimum absolute atomic E-state index is 0.248. The Balaban J connectivity index is 2.04. The second-order valence-corrected chi connectivity index (χ2v) is 4.07. The first kappa shape index (κ1) is 10.9. The van der Waals surface area contributed by atoms with Gasteiger partial charge in [0, 0.05) is 13.1 Å². The van der Waals surface area contributed by atoms with Gasteiger partial charge in [0.2, 0.25) is 17.8 Å². The van der Waals surface area contributed by atoms with E-state index in [9.17, 15) is 0 Å². The average Bonchev–Trinajstić information content (AvgIpc) is 2.29. The van der Waals surface area contributed by atoms with E-state index in [0.717, 1.165) is 0 Å². The van der Waals surface area contributed by atoms with Gasteiger partial charge in [-0.3, -0.25) is 0 Å². The van der Waals surface area contributed by atoms with Crippen molar-refractivity contribution < 1.29 is 0 Å². The quantitative estimate of drug-likeness (QED) is 0.713. The fraction of sp³-hybridized carbons (Fsp3) is 0.700. The second-order valence-electron chi connectivity index (χ2n) is 4.07. The fourth-order valence-electron chi connectivity index (χ4n) is 2.00. The van der Waals surface area contributed by atoms with E-state index in [1.165, 1.54) is 32.1 Å². The van der Waals surface area contributed by atoms with E-state index < -0.39 is 0 Å². The van der Waals surface area contributed by atoms with Crippen LogP contribution in [0, 0.1) is 0 Å². The minimum atomic E-state index is 0.248. The SMILES string of the molecule is CNc1nc(N)nc(NC2CCCCC2)n1. The summed E-state index contributed by atoms with van der Waals surface area (Å²) in [7, 11) is 1.76. The van der Waals surface area contributed by atoms with Crippen molar-refractivity contribution in [2.75, 3.05) is 23.4 Å². The Kier molecular flexibility index (Phi) is 3.38. The number of nitrogens with zero attached hydrogens (tertiary/aromatic N) is 3. The third kappa shape index (κ3) is 2.71. The second kappa shape index (κ2) is 4.96. The number of nitrogens with one attached hydrogen (secondary N) is 2. The molecule has 0 amide bonds. The van der Waals surface area contributed by atoms with Crippen LogP contribution in [0.5, 0.6) is 0 Å². The standard InChI is InChI=1S/C10H18N6/c1-12-9-14-8(11)15-10(16-9)13-7-5-3-2-4-6-7/h7H,2-6H2,1H3,(H4,11,12,13,14,15,16). The van der Waals surface area contributed by atoms with Crippen LogP contribution in [0.25, 0.3) is 0 Å². The molecular formula is C10H18N6. The van der Waals surface area contributed by atoms with Crippen molar-refractivity contribution in [2.45, 2.75) is 38.1 Å². The van der Waals surface area contributed by atoms with Crippen LogP contribution in [0.1, 0.15) is 32.1 Å². The Morgan fingerprint density at radius 1 is 1.06 bits per heavy atom. The van der Waals surface area contributed by atoms with Crippen molar-refractivity contribution in [3.05, 3.63) is 0 Å². The highest BCUT2D eigenvalue weighted by atomic mass is 15.2. The number of hydrogen-bond acceptors (Lipinski definition) is 6. The number of nitrogens with two attached hydrogens (primary N) is 1. The van der Waals surface area contributed by atoms with Gasteiger partial charge in [-0.25, -0.2) is 0 Å². The lowest BCUT2D eigenvalue weighted by Crippen LogP contribution is -2.24. The molecule has 0 radical (unpaired) electrons. The molecule has 88 valence electrons. The summed E-state index contributed by atoms with van der Waals surface area (Å²) >= 11 is 0. The molecule has 6 heteroatoms. The molecule has 0 unspecified atom stereocenters. The van der Waals surface area contributed by atoms with Crippen molar-refractivity contribution >= 4 is 17.8 Å². The first-order valence-electron chi connectivity index (χ1n) is 5.74. The predicted octanol–water partition coefficient (Wildman–Crippen LogP) is 1.24. The number of aromatic nitrogens is 3. The van der Waals surface area contributed by atoms with Crippen LogP contribution in [0.4, 0.5) is 17.8 Å². The van der Waals surface area contributed by atoms with Crippen LogP contribution < -0.4 is 16.4 Å². The van der Waals surface area contributed by atoms with Gasteiger partial charge in [0.05, 0.1) is 0 Å². The summed E-state index contributed by atoms with van der Waals surface area (Å²) < 4.78 is 0. The van der Waals surface area contributed by atoms with Gasteiger partial charge in [0.1, 0.15) is 0 Å². The van der Waals surface area contributed by atoms with Gasteiger partial charge in [-0.15, -0.1) is 0 Å². The summed E-state index contributed by atoms with van der Waals surface area (Å²) in [5.74, 6) is 1.33. The monoisotopic (exact) mass is 222 g/mol. The Bertz CT molecular complexity index is 347. The first-order valence-corrected chi connectivity index (χ1v) is 5.74. The molecule has 0 saturated heterocycles. The van der Waals surface area contributed by atoms with Crippen molar-refractivity contribution in [1.29, 1.82) is 0 Å². The van der Waals surface area contributed by atoms with E-state index in [1.807, 2.05) is 0 Å². The Hall–Kier alpha value is -1.59. The number of rotatable bonds is 3. The van der Waals surface area contributed by atoms with Crippen LogP contribution in [-0.4, -0.2) is 28.0 Å². The van der Waals surface area contributed by atoms with Crippen molar-refractivity contribution in [1.82, 2.24) is 15.0 Å². The average molecular weight is 222 g/mol. The van der Waals surface area contributed by atoms with Gasteiger partial charge in [-0.2, -0.15) is 15.0 Å². The minimum Gasteiger partial charge on any atom is -0.368 e. The number of nitrogen functional groups attached to an aromatic ring is 1. The van der Waals surface area contributed by atoms with Crippen molar-refractivity contribution in [3.63, 3.8) is 0 Å². The summed E-state index contributed by atoms with van der Waals surface area (Å²) in [5, 5.41) is 6.18. The third-order valence-corrected chi connectivity index (χ3v) is 2.81. The molecule has 0 bridgehead atoms. The first-order chi connectivity index (χ1) is 7.78. The smallest absolute Gasteiger partial charge is 0.229 e. The van der Waals surface area contributed by atoms with E-state index >= 15 is 0 Å². The normalized spacial score (nSPS) is 17.1. The Labute approximate surface area is 95.1 Å². The van der Waals surface area contributed by atoms with Crippen molar-refractivity contribution in [2.24, 2.45) is 0 Å². The molecular weight excluding hydrogens is 204 g/mol. The molecule has 1 aliphatic rings. The molecule has 1 aromatic heterocycles. The van der Waals surface area contributed by atoms with Crippen LogP contribution in [0.15, 0.2) is 0 Å². The third-order valence-electron chi connectivity index (χ3n) is 2.81. The lowest BCUT2D eigenvalue weighted by molar-refractivity contribution is 0.461. The van der Waals surface area contributed by atoms with Crippen LogP contribution >= 0.6 is 0 Å². The largest absolute Gasteiger partial charge is 0.368 e. The van der Waals surface area contributed by atoms with E-state index in [1.54, 1.807) is 7.05 Å². The van der Waals surface area contributed by atoms with Gasteiger partial charge in [-0.05, 0) is 12.8 Å². The zero-order valence-corrected chi connectivity index (χ0v) is 9.53. The van der Waals surface area contributed by atoms with Crippen LogP contribution in [-0.2, 0) is 0 Å². The fourth-order valence-corrected chi connectivity index (χ4v) is 2.00. The highest BCUT2D eigenvalue weighted by Crippen LogP contribution is 2.20. The molecule has 1 aromatic rings. The summed E-state index contributed by atoms with van der Waals surface area (Å²) in [6.07, 6.45) is 6.24. The maximum Gasteiger partial charge on any atom is 0.229 e. The highest BCUT2D eigenvalue weighted by Gasteiger charge is 2.14. The maximum absolute atomic E-state index is 5.60. The topological polar surface area (TPSA) is 88.8 Å². The number of anilines is 3. The maximum atomic E-state index is 5.60. The summed E-state index contributed by atoms with van der Waals surface area (Å²) in [6, 6.07) is 0.472. The predicted molar refractivity (Wildman–Crippen MR) is 64.3 cm³/mol. The van der Waals surface area contributed by atoms with Crippen LogP contribution in [0.3, 0.4) is 0 Å². The van der Waals surface area contributed by atoms with E-state index in [0.29, 0.717) is 17.9 Å². The summed E-state index contributed by atoms with van der Waals surface area (Å²) in [6.45, 7) is 0. The highest BCUT2D eigenvalue weighted by molar-refractivity contribution is 5.39. The van der Waals surface area contributed by atoms with E-state index in [-0.39, 0.29) is 5.95 Å². The molecule has 6 nitrogen and oxygen atoms in total. The lowest BCUT2D eigenvalue weighted by atomic mass is 9.96.